The molecule has 0 spiro atoms. The normalized spacial score (nSPS) is 14.6. The first-order chi connectivity index (χ1) is 17.1. The molecule has 0 atom stereocenters. The lowest BCUT2D eigenvalue weighted by molar-refractivity contribution is 0.0751. The number of benzene rings is 1. The molecule has 2 aromatic heterocycles. The number of aryl methyl sites for hydroxylation is 2. The molecule has 3 aromatic rings. The third-order valence-corrected chi connectivity index (χ3v) is 7.24. The van der Waals surface area contributed by atoms with Crippen molar-refractivity contribution in [1.82, 2.24) is 23.9 Å². The van der Waals surface area contributed by atoms with Gasteiger partial charge in [-0.05, 0) is 76.0 Å². The molecule has 1 aliphatic heterocycles. The minimum absolute atomic E-state index is 0.149. The summed E-state index contributed by atoms with van der Waals surface area (Å²) in [6, 6.07) is 8.22. The highest BCUT2D eigenvalue weighted by atomic mass is 16.2. The Morgan fingerprint density at radius 3 is 2.37 bits per heavy atom. The maximum Gasteiger partial charge on any atom is 0.253 e. The summed E-state index contributed by atoms with van der Waals surface area (Å²) in [6.07, 6.45) is 13.6. The Balaban J connectivity index is 1.62. The van der Waals surface area contributed by atoms with Gasteiger partial charge in [0, 0.05) is 50.2 Å². The molecule has 190 valence electrons. The fourth-order valence-electron chi connectivity index (χ4n) is 5.17. The molecule has 1 fully saturated rings. The standard InChI is InChI=1S/C29H43N5O/c1-4-6-18-33(19-7-5-2)29(35)24-12-13-26-27(22-24)34(20-11-17-32-15-9-8-10-16-32)28(30-26)25-14-21-31(3)23-25/h12-14,21-23H,4-11,15-20H2,1-3H3. The highest BCUT2D eigenvalue weighted by Crippen LogP contribution is 2.27. The van der Waals surface area contributed by atoms with E-state index in [9.17, 15) is 4.79 Å². The van der Waals surface area contributed by atoms with Gasteiger partial charge in [0.15, 0.2) is 0 Å². The van der Waals surface area contributed by atoms with E-state index in [1.54, 1.807) is 0 Å². The van der Waals surface area contributed by atoms with Crippen molar-refractivity contribution in [2.75, 3.05) is 32.7 Å². The highest BCUT2D eigenvalue weighted by molar-refractivity contribution is 5.98. The van der Waals surface area contributed by atoms with E-state index in [1.807, 2.05) is 24.1 Å². The van der Waals surface area contributed by atoms with Crippen molar-refractivity contribution in [3.05, 3.63) is 42.2 Å². The van der Waals surface area contributed by atoms with Gasteiger partial charge in [0.1, 0.15) is 5.82 Å². The molecule has 0 aliphatic carbocycles. The van der Waals surface area contributed by atoms with Crippen molar-refractivity contribution in [1.29, 1.82) is 0 Å². The Bertz CT molecular complexity index is 1080. The Morgan fingerprint density at radius 1 is 0.971 bits per heavy atom. The molecule has 6 heteroatoms. The van der Waals surface area contributed by atoms with E-state index in [-0.39, 0.29) is 5.91 Å². The average molecular weight is 478 g/mol. The minimum Gasteiger partial charge on any atom is -0.357 e. The van der Waals surface area contributed by atoms with E-state index in [0.29, 0.717) is 0 Å². The SMILES string of the molecule is CCCCN(CCCC)C(=O)c1ccc2nc(-c3ccn(C)c3)n(CCCN3CCCCC3)c2c1. The number of aromatic nitrogens is 3. The summed E-state index contributed by atoms with van der Waals surface area (Å²) in [7, 11) is 2.05. The van der Waals surface area contributed by atoms with Crippen LogP contribution in [0.3, 0.4) is 0 Å². The number of amides is 1. The summed E-state index contributed by atoms with van der Waals surface area (Å²) in [6.45, 7) is 10.5. The molecule has 4 rings (SSSR count). The Kier molecular flexibility index (Phi) is 9.02. The number of imidazole rings is 1. The van der Waals surface area contributed by atoms with E-state index < -0.39 is 0 Å². The van der Waals surface area contributed by atoms with Gasteiger partial charge in [-0.2, -0.15) is 0 Å². The predicted octanol–water partition coefficient (Wildman–Crippen LogP) is 5.96. The van der Waals surface area contributed by atoms with Crippen LogP contribution < -0.4 is 0 Å². The number of carbonyl (C=O) groups is 1. The Labute approximate surface area is 210 Å². The summed E-state index contributed by atoms with van der Waals surface area (Å²) >= 11 is 0. The highest BCUT2D eigenvalue weighted by Gasteiger charge is 2.19. The third kappa shape index (κ3) is 6.35. The molecule has 6 nitrogen and oxygen atoms in total. The number of hydrogen-bond donors (Lipinski definition) is 0. The van der Waals surface area contributed by atoms with Crippen LogP contribution in [0, 0.1) is 0 Å². The number of fused-ring (bicyclic) bond motifs is 1. The van der Waals surface area contributed by atoms with Crippen LogP contribution in [0.4, 0.5) is 0 Å². The van der Waals surface area contributed by atoms with Gasteiger partial charge in [-0.25, -0.2) is 4.98 Å². The lowest BCUT2D eigenvalue weighted by atomic mass is 10.1. The fourth-order valence-corrected chi connectivity index (χ4v) is 5.17. The zero-order chi connectivity index (χ0) is 24.6. The number of unbranched alkanes of at least 4 members (excludes halogenated alkanes) is 2. The van der Waals surface area contributed by atoms with Crippen LogP contribution >= 0.6 is 0 Å². The van der Waals surface area contributed by atoms with Crippen molar-refractivity contribution in [3.8, 4) is 11.4 Å². The molecule has 0 saturated carbocycles. The summed E-state index contributed by atoms with van der Waals surface area (Å²) in [5.41, 5.74) is 3.94. The maximum atomic E-state index is 13.5. The molecule has 0 N–H and O–H groups in total. The number of likely N-dealkylation sites (tertiary alicyclic amines) is 1. The van der Waals surface area contributed by atoms with E-state index >= 15 is 0 Å². The molecule has 1 saturated heterocycles. The minimum atomic E-state index is 0.149. The van der Waals surface area contributed by atoms with Gasteiger partial charge in [-0.1, -0.05) is 33.1 Å². The number of hydrogen-bond acceptors (Lipinski definition) is 3. The Hall–Kier alpha value is -2.60. The van der Waals surface area contributed by atoms with Crippen LogP contribution in [0.2, 0.25) is 0 Å². The number of rotatable bonds is 12. The summed E-state index contributed by atoms with van der Waals surface area (Å²) < 4.78 is 4.41. The number of nitrogens with zero attached hydrogens (tertiary/aromatic N) is 5. The molecule has 1 aromatic carbocycles. The van der Waals surface area contributed by atoms with Crippen molar-refractivity contribution in [3.63, 3.8) is 0 Å². The van der Waals surface area contributed by atoms with Crippen molar-refractivity contribution < 1.29 is 4.79 Å². The zero-order valence-electron chi connectivity index (χ0n) is 22.0. The van der Waals surface area contributed by atoms with Gasteiger partial charge in [0.05, 0.1) is 11.0 Å². The van der Waals surface area contributed by atoms with Crippen LogP contribution in [0.25, 0.3) is 22.4 Å². The van der Waals surface area contributed by atoms with Crippen molar-refractivity contribution in [2.45, 2.75) is 71.8 Å². The second-order valence-corrected chi connectivity index (χ2v) is 10.1. The fraction of sp³-hybridized carbons (Fsp3) is 0.586. The molecule has 1 aliphatic rings. The van der Waals surface area contributed by atoms with E-state index in [2.05, 4.69) is 52.4 Å². The summed E-state index contributed by atoms with van der Waals surface area (Å²) in [5, 5.41) is 0. The van der Waals surface area contributed by atoms with Crippen LogP contribution in [0.1, 0.15) is 75.6 Å². The Morgan fingerprint density at radius 2 is 1.71 bits per heavy atom. The molecule has 0 unspecified atom stereocenters. The molecule has 3 heterocycles. The second kappa shape index (κ2) is 12.4. The lowest BCUT2D eigenvalue weighted by Crippen LogP contribution is -2.33. The largest absolute Gasteiger partial charge is 0.357 e. The molecular formula is C29H43N5O. The quantitative estimate of drug-likeness (QED) is 0.323. The first kappa shape index (κ1) is 25.5. The maximum absolute atomic E-state index is 13.5. The van der Waals surface area contributed by atoms with Crippen molar-refractivity contribution >= 4 is 16.9 Å². The third-order valence-electron chi connectivity index (χ3n) is 7.24. The first-order valence-corrected chi connectivity index (χ1v) is 13.7. The zero-order valence-corrected chi connectivity index (χ0v) is 22.0. The van der Waals surface area contributed by atoms with Crippen molar-refractivity contribution in [2.24, 2.45) is 7.05 Å². The average Bonchev–Trinajstić information content (AvgIpc) is 3.47. The first-order valence-electron chi connectivity index (χ1n) is 13.7. The van der Waals surface area contributed by atoms with E-state index in [4.69, 9.17) is 4.98 Å². The predicted molar refractivity (Wildman–Crippen MR) is 145 cm³/mol. The van der Waals surface area contributed by atoms with Gasteiger partial charge in [0.2, 0.25) is 0 Å². The molecular weight excluding hydrogens is 434 g/mol. The number of carbonyl (C=O) groups excluding carboxylic acids is 1. The smallest absolute Gasteiger partial charge is 0.253 e. The van der Waals surface area contributed by atoms with Crippen LogP contribution in [0.15, 0.2) is 36.7 Å². The molecule has 35 heavy (non-hydrogen) atoms. The van der Waals surface area contributed by atoms with E-state index in [0.717, 1.165) is 86.3 Å². The summed E-state index contributed by atoms with van der Waals surface area (Å²) in [5.74, 6) is 1.15. The summed E-state index contributed by atoms with van der Waals surface area (Å²) in [4.78, 5) is 23.2. The van der Waals surface area contributed by atoms with E-state index in [1.165, 1.54) is 32.4 Å². The van der Waals surface area contributed by atoms with Crippen LogP contribution in [0.5, 0.6) is 0 Å². The second-order valence-electron chi connectivity index (χ2n) is 10.1. The van der Waals surface area contributed by atoms with Gasteiger partial charge in [0.25, 0.3) is 5.91 Å². The topological polar surface area (TPSA) is 46.3 Å². The molecule has 0 bridgehead atoms. The van der Waals surface area contributed by atoms with Gasteiger partial charge in [-0.15, -0.1) is 0 Å². The molecule has 0 radical (unpaired) electrons. The van der Waals surface area contributed by atoms with Gasteiger partial charge >= 0.3 is 0 Å². The van der Waals surface area contributed by atoms with Gasteiger partial charge in [-0.3, -0.25) is 4.79 Å². The van der Waals surface area contributed by atoms with Gasteiger partial charge < -0.3 is 18.9 Å². The number of piperidine rings is 1. The van der Waals surface area contributed by atoms with Crippen LogP contribution in [-0.4, -0.2) is 62.5 Å². The van der Waals surface area contributed by atoms with Crippen LogP contribution in [-0.2, 0) is 13.6 Å². The molecule has 1 amide bonds. The monoisotopic (exact) mass is 477 g/mol. The lowest BCUT2D eigenvalue weighted by Gasteiger charge is -2.26.